The number of benzene rings is 2. The van der Waals surface area contributed by atoms with E-state index in [1.807, 2.05) is 36.4 Å². The third-order valence-electron chi connectivity index (χ3n) is 4.10. The summed E-state index contributed by atoms with van der Waals surface area (Å²) in [6.07, 6.45) is -3.33. The molecule has 3 rings (SSSR count). The van der Waals surface area contributed by atoms with Gasteiger partial charge in [0.15, 0.2) is 0 Å². The molecule has 1 N–H and O–H groups in total. The summed E-state index contributed by atoms with van der Waals surface area (Å²) in [7, 11) is 0. The minimum atomic E-state index is -4.34. The Kier molecular flexibility index (Phi) is 5.82. The maximum Gasteiger partial charge on any atom is 0.416 e. The molecule has 1 heterocycles. The molecule has 0 bridgehead atoms. The van der Waals surface area contributed by atoms with Gasteiger partial charge in [0.05, 0.1) is 11.6 Å². The zero-order valence-corrected chi connectivity index (χ0v) is 15.2. The van der Waals surface area contributed by atoms with Crippen LogP contribution in [0.2, 0.25) is 0 Å². The molecule has 0 radical (unpaired) electrons. The van der Waals surface area contributed by atoms with E-state index in [0.717, 1.165) is 38.7 Å². The third-order valence-corrected chi connectivity index (χ3v) is 5.34. The third kappa shape index (κ3) is 4.89. The summed E-state index contributed by atoms with van der Waals surface area (Å²) >= 11 is 1.51. The first-order valence-corrected chi connectivity index (χ1v) is 9.24. The average Bonchev–Trinajstić information content (AvgIpc) is 3.08. The Morgan fingerprint density at radius 3 is 2.33 bits per heavy atom. The van der Waals surface area contributed by atoms with Gasteiger partial charge in [-0.25, -0.2) is 0 Å². The van der Waals surface area contributed by atoms with Crippen LogP contribution in [0.1, 0.15) is 22.4 Å². The molecule has 0 atom stereocenters. The van der Waals surface area contributed by atoms with Crippen molar-refractivity contribution in [2.75, 3.05) is 5.32 Å². The normalized spacial score (nSPS) is 11.2. The number of nitrogens with zero attached hydrogens (tertiary/aromatic N) is 1. The van der Waals surface area contributed by atoms with Crippen LogP contribution in [0.15, 0.2) is 60.7 Å². The molecule has 0 aliphatic rings. The molecule has 2 nitrogen and oxygen atoms in total. The lowest BCUT2D eigenvalue weighted by Gasteiger charge is -2.07. The molecule has 6 heteroatoms. The summed E-state index contributed by atoms with van der Waals surface area (Å²) in [5, 5.41) is 12.3. The molecule has 0 saturated carbocycles. The molecule has 0 amide bonds. The van der Waals surface area contributed by atoms with Crippen LogP contribution in [0.4, 0.5) is 18.9 Å². The van der Waals surface area contributed by atoms with Gasteiger partial charge >= 0.3 is 6.18 Å². The van der Waals surface area contributed by atoms with E-state index in [1.54, 1.807) is 0 Å². The summed E-state index contributed by atoms with van der Waals surface area (Å²) in [5.74, 6) is 0. The van der Waals surface area contributed by atoms with Gasteiger partial charge in [-0.1, -0.05) is 42.5 Å². The number of alkyl halides is 3. The van der Waals surface area contributed by atoms with Crippen molar-refractivity contribution in [3.8, 4) is 16.5 Å². The highest BCUT2D eigenvalue weighted by Gasteiger charge is 2.30. The average molecular weight is 386 g/mol. The van der Waals surface area contributed by atoms with Gasteiger partial charge < -0.3 is 5.32 Å². The van der Waals surface area contributed by atoms with Gasteiger partial charge in [-0.05, 0) is 35.7 Å². The van der Waals surface area contributed by atoms with E-state index in [9.17, 15) is 13.2 Å². The molecular formula is C21H17F3N2S. The minimum Gasteiger partial charge on any atom is -0.380 e. The molecule has 0 saturated heterocycles. The predicted octanol–water partition coefficient (Wildman–Crippen LogP) is 6.50. The Labute approximate surface area is 159 Å². The number of hydrogen-bond acceptors (Lipinski definition) is 3. The molecule has 3 aromatic rings. The number of rotatable bonds is 6. The van der Waals surface area contributed by atoms with Crippen LogP contribution in [0.25, 0.3) is 10.4 Å². The maximum absolute atomic E-state index is 12.8. The SMILES string of the molecule is N#CCCc1sc(-c2ccc(C(F)(F)F)cc2)cc1NCc1ccccc1. The number of halogens is 3. The minimum absolute atomic E-state index is 0.396. The first-order valence-electron chi connectivity index (χ1n) is 8.42. The summed E-state index contributed by atoms with van der Waals surface area (Å²) in [5.41, 5.74) is 2.13. The maximum atomic E-state index is 12.8. The van der Waals surface area contributed by atoms with Gasteiger partial charge in [0.2, 0.25) is 0 Å². The van der Waals surface area contributed by atoms with Crippen LogP contribution >= 0.6 is 11.3 Å². The summed E-state index contributed by atoms with van der Waals surface area (Å²) in [6.45, 7) is 0.642. The monoisotopic (exact) mass is 386 g/mol. The second-order valence-electron chi connectivity index (χ2n) is 6.02. The number of anilines is 1. The van der Waals surface area contributed by atoms with Crippen molar-refractivity contribution in [2.24, 2.45) is 0 Å². The number of nitriles is 1. The van der Waals surface area contributed by atoms with E-state index < -0.39 is 11.7 Å². The van der Waals surface area contributed by atoms with Gasteiger partial charge in [-0.15, -0.1) is 11.3 Å². The second-order valence-corrected chi connectivity index (χ2v) is 7.16. The van der Waals surface area contributed by atoms with Gasteiger partial charge in [0, 0.05) is 28.4 Å². The van der Waals surface area contributed by atoms with Crippen molar-refractivity contribution < 1.29 is 13.2 Å². The molecule has 0 unspecified atom stereocenters. The molecule has 0 aliphatic carbocycles. The van der Waals surface area contributed by atoms with E-state index >= 15 is 0 Å². The Hall–Kier alpha value is -2.78. The fourth-order valence-corrected chi connectivity index (χ4v) is 3.83. The number of nitrogens with one attached hydrogen (secondary N) is 1. The predicted molar refractivity (Wildman–Crippen MR) is 102 cm³/mol. The van der Waals surface area contributed by atoms with Crippen molar-refractivity contribution in [3.63, 3.8) is 0 Å². The van der Waals surface area contributed by atoms with Gasteiger partial charge in [0.1, 0.15) is 0 Å². The Morgan fingerprint density at radius 1 is 1.00 bits per heavy atom. The smallest absolute Gasteiger partial charge is 0.380 e. The van der Waals surface area contributed by atoms with Crippen molar-refractivity contribution in [3.05, 3.63) is 76.7 Å². The lowest BCUT2D eigenvalue weighted by atomic mass is 10.1. The van der Waals surface area contributed by atoms with Crippen LogP contribution < -0.4 is 5.32 Å². The molecule has 1 aromatic heterocycles. The first kappa shape index (κ1) is 19.0. The van der Waals surface area contributed by atoms with Gasteiger partial charge in [0.25, 0.3) is 0 Å². The van der Waals surface area contributed by atoms with E-state index in [1.165, 1.54) is 23.5 Å². The zero-order valence-electron chi connectivity index (χ0n) is 14.4. The van der Waals surface area contributed by atoms with Crippen molar-refractivity contribution in [1.82, 2.24) is 0 Å². The lowest BCUT2D eigenvalue weighted by molar-refractivity contribution is -0.137. The fourth-order valence-electron chi connectivity index (χ4n) is 2.69. The van der Waals surface area contributed by atoms with Crippen molar-refractivity contribution in [2.45, 2.75) is 25.6 Å². The summed E-state index contributed by atoms with van der Waals surface area (Å²) < 4.78 is 38.3. The summed E-state index contributed by atoms with van der Waals surface area (Å²) in [4.78, 5) is 1.91. The Bertz CT molecular complexity index is 923. The first-order chi connectivity index (χ1) is 13.0. The van der Waals surface area contributed by atoms with Crippen LogP contribution in [-0.4, -0.2) is 0 Å². The van der Waals surface area contributed by atoms with Crippen LogP contribution in [0.5, 0.6) is 0 Å². The fraction of sp³-hybridized carbons (Fsp3) is 0.190. The van der Waals surface area contributed by atoms with Gasteiger partial charge in [-0.2, -0.15) is 18.4 Å². The number of hydrogen-bond donors (Lipinski definition) is 1. The van der Waals surface area contributed by atoms with Gasteiger partial charge in [-0.3, -0.25) is 0 Å². The molecule has 0 aliphatic heterocycles. The number of aryl methyl sites for hydroxylation is 1. The highest BCUT2D eigenvalue weighted by molar-refractivity contribution is 7.16. The van der Waals surface area contributed by atoms with E-state index in [2.05, 4.69) is 11.4 Å². The van der Waals surface area contributed by atoms with Crippen molar-refractivity contribution >= 4 is 17.0 Å². The second kappa shape index (κ2) is 8.28. The topological polar surface area (TPSA) is 35.8 Å². The quantitative estimate of drug-likeness (QED) is 0.525. The lowest BCUT2D eigenvalue weighted by Crippen LogP contribution is -2.03. The molecule has 0 fully saturated rings. The van der Waals surface area contributed by atoms with E-state index in [0.29, 0.717) is 19.4 Å². The highest BCUT2D eigenvalue weighted by atomic mass is 32.1. The molecule has 27 heavy (non-hydrogen) atoms. The van der Waals surface area contributed by atoms with Crippen molar-refractivity contribution in [1.29, 1.82) is 5.26 Å². The molecular weight excluding hydrogens is 369 g/mol. The Morgan fingerprint density at radius 2 is 1.70 bits per heavy atom. The van der Waals surface area contributed by atoms with Crippen LogP contribution in [0, 0.1) is 11.3 Å². The van der Waals surface area contributed by atoms with Crippen LogP contribution in [0.3, 0.4) is 0 Å². The standard InChI is InChI=1S/C21H17F3N2S/c22-21(23,24)17-10-8-16(9-11-17)20-13-18(19(27-20)7-4-12-25)26-14-15-5-2-1-3-6-15/h1-3,5-6,8-11,13,26H,4,7,14H2. The Balaban J connectivity index is 1.83. The number of thiophene rings is 1. The van der Waals surface area contributed by atoms with Crippen LogP contribution in [-0.2, 0) is 19.1 Å². The molecule has 138 valence electrons. The van der Waals surface area contributed by atoms with E-state index in [4.69, 9.17) is 5.26 Å². The zero-order chi connectivity index (χ0) is 19.3. The summed E-state index contributed by atoms with van der Waals surface area (Å²) in [6, 6.07) is 19.2. The largest absolute Gasteiger partial charge is 0.416 e. The molecule has 2 aromatic carbocycles. The highest BCUT2D eigenvalue weighted by Crippen LogP contribution is 2.37. The molecule has 0 spiro atoms. The van der Waals surface area contributed by atoms with E-state index in [-0.39, 0.29) is 0 Å².